The first-order valence-corrected chi connectivity index (χ1v) is 9.69. The molecule has 1 aromatic heterocycles. The molecule has 3 nitrogen and oxygen atoms in total. The molecule has 0 amide bonds. The summed E-state index contributed by atoms with van der Waals surface area (Å²) in [7, 11) is -3.09. The van der Waals surface area contributed by atoms with Crippen LogP contribution in [0.2, 0.25) is 0 Å². The van der Waals surface area contributed by atoms with Gasteiger partial charge in [-0.3, -0.25) is 0 Å². The zero-order chi connectivity index (χ0) is 14.9. The van der Waals surface area contributed by atoms with Crippen LogP contribution >= 0.6 is 11.3 Å². The van der Waals surface area contributed by atoms with Gasteiger partial charge in [-0.15, -0.1) is 11.3 Å². The Bertz CT molecular complexity index is 708. The summed E-state index contributed by atoms with van der Waals surface area (Å²) < 4.78 is 24.2. The van der Waals surface area contributed by atoms with Gasteiger partial charge in [0.25, 0.3) is 0 Å². The summed E-state index contributed by atoms with van der Waals surface area (Å²) in [6.07, 6.45) is 0.649. The average molecular weight is 321 g/mol. The largest absolute Gasteiger partial charge is 0.309 e. The summed E-state index contributed by atoms with van der Waals surface area (Å²) in [6.45, 7) is 3.06. The summed E-state index contributed by atoms with van der Waals surface area (Å²) in [5, 5.41) is 5.64. The van der Waals surface area contributed by atoms with Crippen molar-refractivity contribution in [2.24, 2.45) is 0 Å². The van der Waals surface area contributed by atoms with Gasteiger partial charge in [-0.25, -0.2) is 8.42 Å². The summed E-state index contributed by atoms with van der Waals surface area (Å²) in [5.74, 6) is 0.672. The predicted molar refractivity (Wildman–Crippen MR) is 86.6 cm³/mol. The number of fused-ring (bicyclic) bond motifs is 1. The summed E-state index contributed by atoms with van der Waals surface area (Å²) in [6, 6.07) is 11.7. The molecule has 1 aliphatic rings. The minimum Gasteiger partial charge on any atom is -0.309 e. The molecule has 0 fully saturated rings. The Morgan fingerprint density at radius 2 is 2.10 bits per heavy atom. The second-order valence-electron chi connectivity index (χ2n) is 5.52. The smallest absolute Gasteiger partial charge is 0.178 e. The molecule has 0 saturated heterocycles. The highest BCUT2D eigenvalue weighted by molar-refractivity contribution is 7.91. The molecule has 0 unspecified atom stereocenters. The Balaban J connectivity index is 1.75. The molecule has 0 aliphatic carbocycles. The minimum absolute atomic E-state index is 0.132. The molecule has 2 atom stereocenters. The lowest BCUT2D eigenvalue weighted by atomic mass is 10.0. The Hall–Kier alpha value is -1.17. The molecule has 2 aromatic rings. The standard InChI is InChI=1S/C16H19NO2S2/c1-12(15-6-4-9-20-15)11-17-14-8-10-21(18,19)16-7-3-2-5-13(14)16/h2-7,9,12,14,17H,8,10-11H2,1H3/t12-,14-/m1/s1. The topological polar surface area (TPSA) is 46.2 Å². The lowest BCUT2D eigenvalue weighted by Crippen LogP contribution is -2.31. The molecular formula is C16H19NO2S2. The van der Waals surface area contributed by atoms with Crippen LogP contribution in [0.25, 0.3) is 0 Å². The van der Waals surface area contributed by atoms with E-state index in [9.17, 15) is 8.42 Å². The Labute approximate surface area is 129 Å². The molecule has 0 saturated carbocycles. The van der Waals surface area contributed by atoms with E-state index in [0.717, 1.165) is 12.1 Å². The molecule has 1 aromatic carbocycles. The number of benzene rings is 1. The van der Waals surface area contributed by atoms with Crippen LogP contribution in [0.15, 0.2) is 46.7 Å². The van der Waals surface area contributed by atoms with Gasteiger partial charge in [0.05, 0.1) is 10.6 Å². The van der Waals surface area contributed by atoms with Crippen molar-refractivity contribution < 1.29 is 8.42 Å². The quantitative estimate of drug-likeness (QED) is 0.939. The zero-order valence-corrected chi connectivity index (χ0v) is 13.6. The fourth-order valence-electron chi connectivity index (χ4n) is 2.79. The molecule has 3 rings (SSSR count). The van der Waals surface area contributed by atoms with Crippen LogP contribution in [0.5, 0.6) is 0 Å². The highest BCUT2D eigenvalue weighted by atomic mass is 32.2. The van der Waals surface area contributed by atoms with Gasteiger partial charge in [0, 0.05) is 23.4 Å². The highest BCUT2D eigenvalue weighted by Gasteiger charge is 2.29. The van der Waals surface area contributed by atoms with Crippen LogP contribution in [0, 0.1) is 0 Å². The lowest BCUT2D eigenvalue weighted by molar-refractivity contribution is 0.476. The monoisotopic (exact) mass is 321 g/mol. The van der Waals surface area contributed by atoms with Gasteiger partial charge in [-0.05, 0) is 29.5 Å². The third-order valence-corrected chi connectivity index (χ3v) is 6.92. The molecule has 1 aliphatic heterocycles. The van der Waals surface area contributed by atoms with Gasteiger partial charge in [0.1, 0.15) is 0 Å². The molecular weight excluding hydrogens is 302 g/mol. The van der Waals surface area contributed by atoms with E-state index in [1.165, 1.54) is 4.88 Å². The Kier molecular flexibility index (Phi) is 4.15. The molecule has 2 heterocycles. The van der Waals surface area contributed by atoms with Crippen molar-refractivity contribution >= 4 is 21.2 Å². The SMILES string of the molecule is C[C@H](CN[C@@H]1CCS(=O)(=O)c2ccccc21)c1cccs1. The van der Waals surface area contributed by atoms with Crippen molar-refractivity contribution in [1.82, 2.24) is 5.32 Å². The van der Waals surface area contributed by atoms with E-state index in [2.05, 4.69) is 29.8 Å². The maximum absolute atomic E-state index is 12.1. The summed E-state index contributed by atoms with van der Waals surface area (Å²) in [5.41, 5.74) is 0.919. The van der Waals surface area contributed by atoms with Crippen molar-refractivity contribution in [3.63, 3.8) is 0 Å². The van der Waals surface area contributed by atoms with E-state index in [4.69, 9.17) is 0 Å². The molecule has 5 heteroatoms. The van der Waals surface area contributed by atoms with E-state index in [-0.39, 0.29) is 11.8 Å². The maximum atomic E-state index is 12.1. The van der Waals surface area contributed by atoms with Gasteiger partial charge in [0.2, 0.25) is 0 Å². The third-order valence-electron chi connectivity index (χ3n) is 4.00. The fraction of sp³-hybridized carbons (Fsp3) is 0.375. The van der Waals surface area contributed by atoms with Crippen molar-refractivity contribution in [1.29, 1.82) is 0 Å². The van der Waals surface area contributed by atoms with Crippen molar-refractivity contribution in [2.45, 2.75) is 30.2 Å². The number of rotatable bonds is 4. The van der Waals surface area contributed by atoms with Crippen LogP contribution in [-0.4, -0.2) is 20.7 Å². The zero-order valence-electron chi connectivity index (χ0n) is 12.0. The van der Waals surface area contributed by atoms with Crippen LogP contribution in [0.4, 0.5) is 0 Å². The number of sulfone groups is 1. The van der Waals surface area contributed by atoms with E-state index < -0.39 is 9.84 Å². The van der Waals surface area contributed by atoms with Crippen molar-refractivity contribution in [3.8, 4) is 0 Å². The Morgan fingerprint density at radius 1 is 1.29 bits per heavy atom. The number of thiophene rings is 1. The average Bonchev–Trinajstić information content (AvgIpc) is 3.01. The first kappa shape index (κ1) is 14.8. The van der Waals surface area contributed by atoms with Crippen LogP contribution < -0.4 is 5.32 Å². The second kappa shape index (κ2) is 5.91. The molecule has 0 spiro atoms. The normalized spacial score (nSPS) is 21.7. The van der Waals surface area contributed by atoms with Gasteiger partial charge < -0.3 is 5.32 Å². The molecule has 1 N–H and O–H groups in total. The summed E-state index contributed by atoms with van der Waals surface area (Å²) >= 11 is 1.77. The fourth-order valence-corrected chi connectivity index (χ4v) is 5.20. The minimum atomic E-state index is -3.09. The number of nitrogens with one attached hydrogen (secondary N) is 1. The molecule has 112 valence electrons. The van der Waals surface area contributed by atoms with Gasteiger partial charge in [-0.1, -0.05) is 31.2 Å². The van der Waals surface area contributed by atoms with Crippen LogP contribution in [-0.2, 0) is 9.84 Å². The number of hydrogen-bond acceptors (Lipinski definition) is 4. The van der Waals surface area contributed by atoms with Crippen molar-refractivity contribution in [2.75, 3.05) is 12.3 Å². The molecule has 0 radical (unpaired) electrons. The van der Waals surface area contributed by atoms with E-state index in [1.807, 2.05) is 12.1 Å². The second-order valence-corrected chi connectivity index (χ2v) is 8.58. The maximum Gasteiger partial charge on any atom is 0.178 e. The molecule has 21 heavy (non-hydrogen) atoms. The van der Waals surface area contributed by atoms with Gasteiger partial charge in [-0.2, -0.15) is 0 Å². The van der Waals surface area contributed by atoms with Crippen LogP contribution in [0.1, 0.15) is 35.7 Å². The van der Waals surface area contributed by atoms with Crippen molar-refractivity contribution in [3.05, 3.63) is 52.2 Å². The van der Waals surface area contributed by atoms with E-state index >= 15 is 0 Å². The first-order chi connectivity index (χ1) is 10.1. The Morgan fingerprint density at radius 3 is 2.86 bits per heavy atom. The molecule has 0 bridgehead atoms. The van der Waals surface area contributed by atoms with E-state index in [0.29, 0.717) is 17.2 Å². The van der Waals surface area contributed by atoms with E-state index in [1.54, 1.807) is 23.5 Å². The van der Waals surface area contributed by atoms with Gasteiger partial charge >= 0.3 is 0 Å². The summed E-state index contributed by atoms with van der Waals surface area (Å²) in [4.78, 5) is 1.86. The third kappa shape index (κ3) is 3.05. The first-order valence-electron chi connectivity index (χ1n) is 7.16. The highest BCUT2D eigenvalue weighted by Crippen LogP contribution is 2.32. The van der Waals surface area contributed by atoms with Gasteiger partial charge in [0.15, 0.2) is 9.84 Å². The predicted octanol–water partition coefficient (Wildman–Crippen LogP) is 3.36. The van der Waals surface area contributed by atoms with Crippen LogP contribution in [0.3, 0.4) is 0 Å². The number of hydrogen-bond donors (Lipinski definition) is 1. The lowest BCUT2D eigenvalue weighted by Gasteiger charge is -2.27.